The Labute approximate surface area is 127 Å². The van der Waals surface area contributed by atoms with Gasteiger partial charge in [0.25, 0.3) is 0 Å². The molecule has 0 radical (unpaired) electrons. The Balaban J connectivity index is 2.81. The first-order chi connectivity index (χ1) is 9.90. The van der Waals surface area contributed by atoms with Crippen LogP contribution in [0.15, 0.2) is 0 Å². The van der Waals surface area contributed by atoms with Gasteiger partial charge in [-0.05, 0) is 24.7 Å². The third kappa shape index (κ3) is 4.99. The van der Waals surface area contributed by atoms with Crippen molar-refractivity contribution in [2.24, 2.45) is 23.7 Å². The monoisotopic (exact) mass is 299 g/mol. The maximum Gasteiger partial charge on any atom is 0.307 e. The lowest BCUT2D eigenvalue weighted by Crippen LogP contribution is -2.42. The molecule has 0 heterocycles. The number of carbonyl (C=O) groups is 2. The Morgan fingerprint density at radius 1 is 1.29 bits per heavy atom. The van der Waals surface area contributed by atoms with Crippen LogP contribution in [0.4, 0.5) is 0 Å². The molecule has 122 valence electrons. The largest absolute Gasteiger partial charge is 0.481 e. The Kier molecular flexibility index (Phi) is 7.15. The van der Waals surface area contributed by atoms with E-state index in [-0.39, 0.29) is 11.8 Å². The second-order valence-electron chi connectivity index (χ2n) is 6.47. The fraction of sp³-hybridized carbons (Fsp3) is 0.875. The summed E-state index contributed by atoms with van der Waals surface area (Å²) in [4.78, 5) is 26.0. The highest BCUT2D eigenvalue weighted by Gasteiger charge is 2.43. The summed E-state index contributed by atoms with van der Waals surface area (Å²) in [5, 5.41) is 9.39. The lowest BCUT2D eigenvalue weighted by molar-refractivity contribution is -0.149. The van der Waals surface area contributed by atoms with E-state index < -0.39 is 11.9 Å². The first-order valence-electron chi connectivity index (χ1n) is 7.91. The lowest BCUT2D eigenvalue weighted by atomic mass is 9.94. The molecule has 0 bridgehead atoms. The zero-order chi connectivity index (χ0) is 16.0. The molecule has 0 aliphatic heterocycles. The maximum atomic E-state index is 12.8. The molecule has 0 aromatic heterocycles. The van der Waals surface area contributed by atoms with Crippen molar-refractivity contribution in [1.82, 2.24) is 4.90 Å². The van der Waals surface area contributed by atoms with Crippen molar-refractivity contribution in [3.05, 3.63) is 0 Å². The number of ether oxygens (including phenoxy) is 1. The molecule has 1 saturated carbocycles. The Morgan fingerprint density at radius 3 is 2.38 bits per heavy atom. The second-order valence-corrected chi connectivity index (χ2v) is 6.47. The average molecular weight is 299 g/mol. The van der Waals surface area contributed by atoms with Crippen LogP contribution in [0.2, 0.25) is 0 Å². The summed E-state index contributed by atoms with van der Waals surface area (Å²) in [6, 6.07) is 0. The first-order valence-corrected chi connectivity index (χ1v) is 7.91. The Morgan fingerprint density at radius 2 is 1.90 bits per heavy atom. The van der Waals surface area contributed by atoms with Crippen LogP contribution in [0.3, 0.4) is 0 Å². The van der Waals surface area contributed by atoms with Crippen LogP contribution in [-0.2, 0) is 14.3 Å². The molecule has 5 heteroatoms. The van der Waals surface area contributed by atoms with Crippen molar-refractivity contribution >= 4 is 11.9 Å². The van der Waals surface area contributed by atoms with Gasteiger partial charge in [-0.15, -0.1) is 0 Å². The third-order valence-corrected chi connectivity index (χ3v) is 4.33. The number of nitrogens with zero attached hydrogens (tertiary/aromatic N) is 1. The van der Waals surface area contributed by atoms with Crippen LogP contribution in [0, 0.1) is 23.7 Å². The van der Waals surface area contributed by atoms with Gasteiger partial charge >= 0.3 is 5.97 Å². The van der Waals surface area contributed by atoms with Gasteiger partial charge in [0, 0.05) is 20.2 Å². The highest BCUT2D eigenvalue weighted by atomic mass is 16.5. The van der Waals surface area contributed by atoms with Gasteiger partial charge in [-0.1, -0.05) is 27.2 Å². The summed E-state index contributed by atoms with van der Waals surface area (Å²) in [6.45, 7) is 7.86. The molecule has 21 heavy (non-hydrogen) atoms. The minimum Gasteiger partial charge on any atom is -0.481 e. The van der Waals surface area contributed by atoms with E-state index in [1.54, 1.807) is 12.0 Å². The van der Waals surface area contributed by atoms with Crippen LogP contribution >= 0.6 is 0 Å². The molecule has 1 unspecified atom stereocenters. The first kappa shape index (κ1) is 18.0. The molecule has 1 aliphatic carbocycles. The zero-order valence-corrected chi connectivity index (χ0v) is 13.7. The summed E-state index contributed by atoms with van der Waals surface area (Å²) in [5.41, 5.74) is 0. The molecule has 1 N–H and O–H groups in total. The van der Waals surface area contributed by atoms with E-state index in [0.29, 0.717) is 44.4 Å². The van der Waals surface area contributed by atoms with Gasteiger partial charge in [0.05, 0.1) is 18.4 Å². The van der Waals surface area contributed by atoms with E-state index >= 15 is 0 Å². The van der Waals surface area contributed by atoms with Gasteiger partial charge < -0.3 is 14.7 Å². The van der Waals surface area contributed by atoms with E-state index in [0.717, 1.165) is 6.42 Å². The van der Waals surface area contributed by atoms with E-state index in [1.165, 1.54) is 0 Å². The fourth-order valence-corrected chi connectivity index (χ4v) is 3.19. The van der Waals surface area contributed by atoms with Crippen molar-refractivity contribution in [2.45, 2.75) is 40.0 Å². The highest BCUT2D eigenvalue weighted by Crippen LogP contribution is 2.39. The zero-order valence-electron chi connectivity index (χ0n) is 13.7. The summed E-state index contributed by atoms with van der Waals surface area (Å²) in [5.74, 6) is -1.03. The van der Waals surface area contributed by atoms with E-state index in [4.69, 9.17) is 4.74 Å². The average Bonchev–Trinajstić information content (AvgIpc) is 2.86. The van der Waals surface area contributed by atoms with Crippen molar-refractivity contribution in [3.63, 3.8) is 0 Å². The second kappa shape index (κ2) is 8.37. The number of carbonyl (C=O) groups excluding carboxylic acids is 1. The Hall–Kier alpha value is -1.10. The predicted molar refractivity (Wildman–Crippen MR) is 80.9 cm³/mol. The lowest BCUT2D eigenvalue weighted by Gasteiger charge is -2.28. The number of carboxylic acid groups (broad SMARTS) is 1. The van der Waals surface area contributed by atoms with Crippen LogP contribution in [-0.4, -0.2) is 48.7 Å². The topological polar surface area (TPSA) is 66.8 Å². The number of methoxy groups -OCH3 is 1. The minimum atomic E-state index is -0.833. The summed E-state index contributed by atoms with van der Waals surface area (Å²) >= 11 is 0. The normalized spacial score (nSPS) is 25.3. The van der Waals surface area contributed by atoms with Crippen LogP contribution in [0.5, 0.6) is 0 Å². The Bertz CT molecular complexity index is 356. The van der Waals surface area contributed by atoms with Crippen molar-refractivity contribution in [1.29, 1.82) is 0 Å². The minimum absolute atomic E-state index is 0.0101. The van der Waals surface area contributed by atoms with Gasteiger partial charge in [-0.2, -0.15) is 0 Å². The standard InChI is InChI=1S/C16H29NO4/c1-5-12-8-13(14(9-12)16(19)20)15(18)17(6-7-21-4)10-11(2)3/h11-14H,5-10H2,1-4H3,(H,19,20)/t12?,13-,14+/m0/s1. The number of rotatable bonds is 8. The molecule has 5 nitrogen and oxygen atoms in total. The third-order valence-electron chi connectivity index (χ3n) is 4.33. The van der Waals surface area contributed by atoms with Crippen molar-refractivity contribution in [3.8, 4) is 0 Å². The van der Waals surface area contributed by atoms with Gasteiger partial charge in [-0.3, -0.25) is 9.59 Å². The molecule has 0 spiro atoms. The number of amides is 1. The number of hydrogen-bond acceptors (Lipinski definition) is 3. The molecule has 0 aromatic rings. The van der Waals surface area contributed by atoms with Gasteiger partial charge in [0.2, 0.25) is 5.91 Å². The number of hydrogen-bond donors (Lipinski definition) is 1. The summed E-state index contributed by atoms with van der Waals surface area (Å²) in [7, 11) is 1.61. The highest BCUT2D eigenvalue weighted by molar-refractivity contribution is 5.85. The van der Waals surface area contributed by atoms with Gasteiger partial charge in [-0.25, -0.2) is 0 Å². The summed E-state index contributed by atoms with van der Waals surface area (Å²) < 4.78 is 5.07. The van der Waals surface area contributed by atoms with Crippen LogP contribution in [0.1, 0.15) is 40.0 Å². The smallest absolute Gasteiger partial charge is 0.307 e. The van der Waals surface area contributed by atoms with Crippen molar-refractivity contribution < 1.29 is 19.4 Å². The molecule has 1 rings (SSSR count). The van der Waals surface area contributed by atoms with Crippen LogP contribution < -0.4 is 0 Å². The van der Waals surface area contributed by atoms with Crippen LogP contribution in [0.25, 0.3) is 0 Å². The predicted octanol–water partition coefficient (Wildman–Crippen LogP) is 2.25. The molecule has 0 saturated heterocycles. The van der Waals surface area contributed by atoms with E-state index in [2.05, 4.69) is 20.8 Å². The number of aliphatic carboxylic acids is 1. The van der Waals surface area contributed by atoms with E-state index in [9.17, 15) is 14.7 Å². The van der Waals surface area contributed by atoms with Gasteiger partial charge in [0.15, 0.2) is 0 Å². The van der Waals surface area contributed by atoms with Gasteiger partial charge in [0.1, 0.15) is 0 Å². The van der Waals surface area contributed by atoms with E-state index in [1.807, 2.05) is 0 Å². The molecular formula is C16H29NO4. The quantitative estimate of drug-likeness (QED) is 0.746. The fourth-order valence-electron chi connectivity index (χ4n) is 3.19. The maximum absolute atomic E-state index is 12.8. The SMILES string of the molecule is CCC1C[C@H](C(=O)N(CCOC)CC(C)C)[C@H](C(=O)O)C1. The van der Waals surface area contributed by atoms with Crippen molar-refractivity contribution in [2.75, 3.05) is 26.8 Å². The number of carboxylic acids is 1. The summed E-state index contributed by atoms with van der Waals surface area (Å²) in [6.07, 6.45) is 2.27. The molecular weight excluding hydrogens is 270 g/mol. The molecule has 1 aliphatic rings. The molecule has 1 amide bonds. The molecule has 1 fully saturated rings. The molecule has 0 aromatic carbocycles. The molecule has 3 atom stereocenters.